The van der Waals surface area contributed by atoms with Crippen LogP contribution >= 0.6 is 0 Å². The van der Waals surface area contributed by atoms with Gasteiger partial charge in [-0.25, -0.2) is 0 Å². The molecular weight excluding hydrogens is 190 g/mol. The zero-order valence-corrected chi connectivity index (χ0v) is 9.93. The Morgan fingerprint density at radius 1 is 1.40 bits per heavy atom. The lowest BCUT2D eigenvalue weighted by atomic mass is 9.58. The number of hydrogen-bond donors (Lipinski definition) is 1. The number of esters is 1. The van der Waals surface area contributed by atoms with Crippen molar-refractivity contribution in [3.05, 3.63) is 0 Å². The van der Waals surface area contributed by atoms with Crippen molar-refractivity contribution < 1.29 is 9.53 Å². The van der Waals surface area contributed by atoms with Crippen LogP contribution in [-0.4, -0.2) is 24.7 Å². The maximum absolute atomic E-state index is 11.5. The summed E-state index contributed by atoms with van der Waals surface area (Å²) < 4.78 is 5.31. The van der Waals surface area contributed by atoms with E-state index in [-0.39, 0.29) is 11.6 Å². The Bertz CT molecular complexity index is 255. The SMILES string of the molecule is CC(C)(C)OC(=O)CC1CC2(CNC2)C1. The lowest BCUT2D eigenvalue weighted by Crippen LogP contribution is -2.60. The molecule has 0 unspecified atom stereocenters. The molecule has 0 atom stereocenters. The van der Waals surface area contributed by atoms with E-state index in [2.05, 4.69) is 5.32 Å². The highest BCUT2D eigenvalue weighted by molar-refractivity contribution is 5.70. The van der Waals surface area contributed by atoms with Crippen molar-refractivity contribution in [3.8, 4) is 0 Å². The fourth-order valence-electron chi connectivity index (χ4n) is 2.70. The molecule has 86 valence electrons. The minimum Gasteiger partial charge on any atom is -0.460 e. The first-order chi connectivity index (χ1) is 6.89. The molecule has 1 aliphatic carbocycles. The van der Waals surface area contributed by atoms with Gasteiger partial charge < -0.3 is 10.1 Å². The Hall–Kier alpha value is -0.570. The molecule has 0 aromatic rings. The summed E-state index contributed by atoms with van der Waals surface area (Å²) in [5.41, 5.74) is 0.225. The second kappa shape index (κ2) is 3.48. The van der Waals surface area contributed by atoms with Gasteiger partial charge in [0.1, 0.15) is 5.60 Å². The number of rotatable bonds is 2. The van der Waals surface area contributed by atoms with Gasteiger partial charge in [0, 0.05) is 19.5 Å². The van der Waals surface area contributed by atoms with E-state index in [1.807, 2.05) is 20.8 Å². The molecule has 2 aliphatic rings. The van der Waals surface area contributed by atoms with Crippen LogP contribution in [0.4, 0.5) is 0 Å². The molecule has 2 fully saturated rings. The zero-order valence-electron chi connectivity index (χ0n) is 9.93. The maximum Gasteiger partial charge on any atom is 0.306 e. The van der Waals surface area contributed by atoms with Crippen LogP contribution in [-0.2, 0) is 9.53 Å². The van der Waals surface area contributed by atoms with Crippen molar-refractivity contribution in [2.45, 2.75) is 45.6 Å². The normalized spacial score (nSPS) is 24.5. The van der Waals surface area contributed by atoms with Gasteiger partial charge in [0.05, 0.1) is 0 Å². The van der Waals surface area contributed by atoms with Gasteiger partial charge >= 0.3 is 5.97 Å². The lowest BCUT2D eigenvalue weighted by molar-refractivity contribution is -0.158. The standard InChI is InChI=1S/C12H21NO2/c1-11(2,3)15-10(14)4-9-5-12(6-9)7-13-8-12/h9,13H,4-8H2,1-3H3. The molecule has 0 aromatic heterocycles. The van der Waals surface area contributed by atoms with Crippen molar-refractivity contribution in [2.75, 3.05) is 13.1 Å². The van der Waals surface area contributed by atoms with Gasteiger partial charge in [-0.2, -0.15) is 0 Å². The van der Waals surface area contributed by atoms with Gasteiger partial charge in [-0.1, -0.05) is 0 Å². The van der Waals surface area contributed by atoms with Crippen LogP contribution in [0.25, 0.3) is 0 Å². The van der Waals surface area contributed by atoms with Crippen LogP contribution in [0.1, 0.15) is 40.0 Å². The fourth-order valence-corrected chi connectivity index (χ4v) is 2.70. The molecule has 1 saturated heterocycles. The van der Waals surface area contributed by atoms with Crippen LogP contribution in [0.3, 0.4) is 0 Å². The van der Waals surface area contributed by atoms with Crippen molar-refractivity contribution in [3.63, 3.8) is 0 Å². The monoisotopic (exact) mass is 211 g/mol. The summed E-state index contributed by atoms with van der Waals surface area (Å²) in [4.78, 5) is 11.5. The van der Waals surface area contributed by atoms with Gasteiger partial charge in [-0.15, -0.1) is 0 Å². The highest BCUT2D eigenvalue weighted by atomic mass is 16.6. The average molecular weight is 211 g/mol. The predicted molar refractivity (Wildman–Crippen MR) is 58.5 cm³/mol. The minimum absolute atomic E-state index is 0.0327. The topological polar surface area (TPSA) is 38.3 Å². The van der Waals surface area contributed by atoms with Crippen LogP contribution < -0.4 is 5.32 Å². The smallest absolute Gasteiger partial charge is 0.306 e. The number of carbonyl (C=O) groups is 1. The van der Waals surface area contributed by atoms with Gasteiger partial charge in [0.15, 0.2) is 0 Å². The molecule has 0 aromatic carbocycles. The molecule has 1 N–H and O–H groups in total. The van der Waals surface area contributed by atoms with Crippen molar-refractivity contribution in [1.82, 2.24) is 5.32 Å². The summed E-state index contributed by atoms with van der Waals surface area (Å²) in [6, 6.07) is 0. The van der Waals surface area contributed by atoms with Crippen LogP contribution in [0.2, 0.25) is 0 Å². The third kappa shape index (κ3) is 2.51. The molecule has 3 nitrogen and oxygen atoms in total. The minimum atomic E-state index is -0.337. The number of hydrogen-bond acceptors (Lipinski definition) is 3. The van der Waals surface area contributed by atoms with E-state index in [4.69, 9.17) is 4.74 Å². The summed E-state index contributed by atoms with van der Waals surface area (Å²) in [7, 11) is 0. The molecule has 1 heterocycles. The van der Waals surface area contributed by atoms with Gasteiger partial charge in [-0.05, 0) is 44.9 Å². The van der Waals surface area contributed by atoms with E-state index in [9.17, 15) is 4.79 Å². The Balaban J connectivity index is 1.68. The first-order valence-electron chi connectivity index (χ1n) is 5.81. The summed E-state index contributed by atoms with van der Waals surface area (Å²) >= 11 is 0. The van der Waals surface area contributed by atoms with Gasteiger partial charge in [0.2, 0.25) is 0 Å². The summed E-state index contributed by atoms with van der Waals surface area (Å²) in [6.45, 7) is 8.06. The summed E-state index contributed by atoms with van der Waals surface area (Å²) in [5.74, 6) is 0.539. The lowest BCUT2D eigenvalue weighted by Gasteiger charge is -2.54. The van der Waals surface area contributed by atoms with Gasteiger partial charge in [-0.3, -0.25) is 4.79 Å². The predicted octanol–water partition coefficient (Wildman–Crippen LogP) is 1.72. The first-order valence-corrected chi connectivity index (χ1v) is 5.81. The van der Waals surface area contributed by atoms with Crippen LogP contribution in [0.15, 0.2) is 0 Å². The molecule has 2 rings (SSSR count). The molecular formula is C12H21NO2. The molecule has 1 saturated carbocycles. The Morgan fingerprint density at radius 2 is 2.00 bits per heavy atom. The van der Waals surface area contributed by atoms with E-state index in [1.54, 1.807) is 0 Å². The van der Waals surface area contributed by atoms with E-state index < -0.39 is 0 Å². The Kier molecular flexibility index (Phi) is 2.53. The number of nitrogens with one attached hydrogen (secondary N) is 1. The third-order valence-corrected chi connectivity index (χ3v) is 3.32. The highest BCUT2D eigenvalue weighted by Gasteiger charge is 2.48. The van der Waals surface area contributed by atoms with E-state index in [0.717, 1.165) is 13.1 Å². The number of carbonyl (C=O) groups excluding carboxylic acids is 1. The second-order valence-corrected chi connectivity index (χ2v) is 6.17. The quantitative estimate of drug-likeness (QED) is 0.707. The van der Waals surface area contributed by atoms with Crippen molar-refractivity contribution in [2.24, 2.45) is 11.3 Å². The molecule has 0 amide bonds. The molecule has 15 heavy (non-hydrogen) atoms. The average Bonchev–Trinajstić information content (AvgIpc) is 1.87. The van der Waals surface area contributed by atoms with E-state index >= 15 is 0 Å². The first kappa shape index (κ1) is 10.9. The van der Waals surface area contributed by atoms with E-state index in [1.165, 1.54) is 12.8 Å². The van der Waals surface area contributed by atoms with E-state index in [0.29, 0.717) is 17.8 Å². The third-order valence-electron chi connectivity index (χ3n) is 3.32. The highest BCUT2D eigenvalue weighted by Crippen LogP contribution is 2.49. The molecule has 0 bridgehead atoms. The Labute approximate surface area is 91.6 Å². The van der Waals surface area contributed by atoms with Gasteiger partial charge in [0.25, 0.3) is 0 Å². The molecule has 1 aliphatic heterocycles. The maximum atomic E-state index is 11.5. The largest absolute Gasteiger partial charge is 0.460 e. The number of ether oxygens (including phenoxy) is 1. The molecule has 0 radical (unpaired) electrons. The second-order valence-electron chi connectivity index (χ2n) is 6.17. The fraction of sp³-hybridized carbons (Fsp3) is 0.917. The van der Waals surface area contributed by atoms with Crippen molar-refractivity contribution in [1.29, 1.82) is 0 Å². The Morgan fingerprint density at radius 3 is 2.40 bits per heavy atom. The van der Waals surface area contributed by atoms with Crippen LogP contribution in [0, 0.1) is 11.3 Å². The van der Waals surface area contributed by atoms with Crippen LogP contribution in [0.5, 0.6) is 0 Å². The van der Waals surface area contributed by atoms with Crippen molar-refractivity contribution >= 4 is 5.97 Å². The summed E-state index contributed by atoms with van der Waals surface area (Å²) in [6.07, 6.45) is 3.03. The molecule has 3 heteroatoms. The zero-order chi connectivity index (χ0) is 11.1. The molecule has 1 spiro atoms. The summed E-state index contributed by atoms with van der Waals surface area (Å²) in [5, 5.41) is 3.30.